The van der Waals surface area contributed by atoms with Gasteiger partial charge in [0.05, 0.1) is 0 Å². The van der Waals surface area contributed by atoms with E-state index in [2.05, 4.69) is 22.8 Å². The van der Waals surface area contributed by atoms with E-state index in [-0.39, 0.29) is 6.03 Å². The van der Waals surface area contributed by atoms with Gasteiger partial charge < -0.3 is 20.1 Å². The highest BCUT2D eigenvalue weighted by Gasteiger charge is 2.13. The third-order valence-electron chi connectivity index (χ3n) is 4.37. The van der Waals surface area contributed by atoms with Gasteiger partial charge in [0.2, 0.25) is 0 Å². The van der Waals surface area contributed by atoms with E-state index in [1.165, 1.54) is 6.42 Å². The summed E-state index contributed by atoms with van der Waals surface area (Å²) in [7, 11) is 0. The van der Waals surface area contributed by atoms with Crippen LogP contribution in [0.3, 0.4) is 0 Å². The molecule has 0 radical (unpaired) electrons. The number of hydrogen-bond donors (Lipinski definition) is 2. The second-order valence-electron chi connectivity index (χ2n) is 6.27. The van der Waals surface area contributed by atoms with Crippen molar-refractivity contribution < 1.29 is 14.3 Å². The van der Waals surface area contributed by atoms with Crippen molar-refractivity contribution in [1.29, 1.82) is 0 Å². The van der Waals surface area contributed by atoms with Crippen molar-refractivity contribution in [3.05, 3.63) is 12.2 Å². The summed E-state index contributed by atoms with van der Waals surface area (Å²) in [6.07, 6.45) is 10.9. The van der Waals surface area contributed by atoms with Crippen molar-refractivity contribution in [2.75, 3.05) is 39.5 Å². The number of nitrogens with one attached hydrogen (secondary N) is 2. The molecule has 5 nitrogen and oxygen atoms in total. The molecule has 2 amide bonds. The van der Waals surface area contributed by atoms with E-state index < -0.39 is 0 Å². The van der Waals surface area contributed by atoms with E-state index in [0.717, 1.165) is 58.5 Å². The summed E-state index contributed by atoms with van der Waals surface area (Å²) in [5.41, 5.74) is 0. The van der Waals surface area contributed by atoms with Gasteiger partial charge >= 0.3 is 6.03 Å². The van der Waals surface area contributed by atoms with Crippen LogP contribution >= 0.6 is 0 Å². The quantitative estimate of drug-likeness (QED) is 0.535. The molecule has 5 heteroatoms. The van der Waals surface area contributed by atoms with Gasteiger partial charge in [-0.25, -0.2) is 4.79 Å². The van der Waals surface area contributed by atoms with Crippen molar-refractivity contribution in [1.82, 2.24) is 10.6 Å². The van der Waals surface area contributed by atoms with Crippen LogP contribution in [0.15, 0.2) is 12.2 Å². The van der Waals surface area contributed by atoms with Gasteiger partial charge in [0.15, 0.2) is 0 Å². The second-order valence-corrected chi connectivity index (χ2v) is 6.27. The lowest BCUT2D eigenvalue weighted by Gasteiger charge is -2.21. The number of allylic oxidation sites excluding steroid dienone is 2. The zero-order valence-corrected chi connectivity index (χ0v) is 13.5. The summed E-state index contributed by atoms with van der Waals surface area (Å²) in [6.45, 7) is 4.72. The molecule has 0 unspecified atom stereocenters. The molecule has 0 saturated carbocycles. The molecule has 1 fully saturated rings. The second kappa shape index (κ2) is 10.6. The minimum Gasteiger partial charge on any atom is -0.381 e. The first kappa shape index (κ1) is 17.3. The SMILES string of the molecule is O=C(NCCCOCC1CCOCC1)NC[C@@H]1CC=CCC1. The zero-order valence-electron chi connectivity index (χ0n) is 13.5. The maximum atomic E-state index is 11.7. The molecule has 1 aliphatic carbocycles. The lowest BCUT2D eigenvalue weighted by atomic mass is 9.94. The molecule has 0 aromatic carbocycles. The van der Waals surface area contributed by atoms with Crippen LogP contribution in [0.25, 0.3) is 0 Å². The van der Waals surface area contributed by atoms with Crippen LogP contribution in [0, 0.1) is 11.8 Å². The van der Waals surface area contributed by atoms with Gasteiger partial charge in [-0.05, 0) is 50.4 Å². The molecule has 2 rings (SSSR count). The molecular formula is C17H30N2O3. The van der Waals surface area contributed by atoms with Crippen molar-refractivity contribution in [3.63, 3.8) is 0 Å². The van der Waals surface area contributed by atoms with E-state index >= 15 is 0 Å². The summed E-state index contributed by atoms with van der Waals surface area (Å²) in [4.78, 5) is 11.7. The average molecular weight is 310 g/mol. The van der Waals surface area contributed by atoms with Gasteiger partial charge in [-0.3, -0.25) is 0 Å². The fourth-order valence-electron chi connectivity index (χ4n) is 2.88. The Labute approximate surface area is 133 Å². The third kappa shape index (κ3) is 7.27. The predicted octanol–water partition coefficient (Wildman–Crippen LogP) is 2.48. The molecule has 2 N–H and O–H groups in total. The highest BCUT2D eigenvalue weighted by molar-refractivity contribution is 5.73. The number of carbonyl (C=O) groups excluding carboxylic acids is 1. The maximum Gasteiger partial charge on any atom is 0.314 e. The Bertz CT molecular complexity index is 341. The van der Waals surface area contributed by atoms with Crippen molar-refractivity contribution in [2.45, 2.75) is 38.5 Å². The predicted molar refractivity (Wildman–Crippen MR) is 86.9 cm³/mol. The van der Waals surface area contributed by atoms with Gasteiger partial charge in [-0.15, -0.1) is 0 Å². The fourth-order valence-corrected chi connectivity index (χ4v) is 2.88. The number of amides is 2. The van der Waals surface area contributed by atoms with Crippen LogP contribution in [-0.4, -0.2) is 45.5 Å². The normalized spacial score (nSPS) is 22.5. The molecule has 1 heterocycles. The largest absolute Gasteiger partial charge is 0.381 e. The molecule has 0 spiro atoms. The van der Waals surface area contributed by atoms with Crippen LogP contribution in [0.4, 0.5) is 4.79 Å². The highest BCUT2D eigenvalue weighted by atomic mass is 16.5. The van der Waals surface area contributed by atoms with Crippen molar-refractivity contribution in [3.8, 4) is 0 Å². The molecule has 1 atom stereocenters. The first-order chi connectivity index (χ1) is 10.8. The Morgan fingerprint density at radius 2 is 2.00 bits per heavy atom. The van der Waals surface area contributed by atoms with Crippen LogP contribution in [0.1, 0.15) is 38.5 Å². The number of hydrogen-bond acceptors (Lipinski definition) is 3. The van der Waals surface area contributed by atoms with Crippen molar-refractivity contribution >= 4 is 6.03 Å². The Morgan fingerprint density at radius 1 is 1.14 bits per heavy atom. The van der Waals surface area contributed by atoms with Gasteiger partial charge in [-0.2, -0.15) is 0 Å². The van der Waals surface area contributed by atoms with Gasteiger partial charge in [-0.1, -0.05) is 12.2 Å². The lowest BCUT2D eigenvalue weighted by molar-refractivity contribution is 0.0203. The molecule has 126 valence electrons. The van der Waals surface area contributed by atoms with Gasteiger partial charge in [0, 0.05) is 39.5 Å². The Kier molecular flexibility index (Phi) is 8.35. The van der Waals surface area contributed by atoms with Crippen LogP contribution in [-0.2, 0) is 9.47 Å². The Morgan fingerprint density at radius 3 is 2.77 bits per heavy atom. The summed E-state index contributed by atoms with van der Waals surface area (Å²) in [5, 5.41) is 5.85. The van der Waals surface area contributed by atoms with Crippen LogP contribution in [0.5, 0.6) is 0 Å². The lowest BCUT2D eigenvalue weighted by Crippen LogP contribution is -2.39. The Balaban J connectivity index is 1.39. The Hall–Kier alpha value is -1.07. The van der Waals surface area contributed by atoms with Gasteiger partial charge in [0.1, 0.15) is 0 Å². The molecule has 1 aliphatic heterocycles. The van der Waals surface area contributed by atoms with Gasteiger partial charge in [0.25, 0.3) is 0 Å². The molecule has 1 saturated heterocycles. The number of carbonyl (C=O) groups is 1. The zero-order chi connectivity index (χ0) is 15.5. The van der Waals surface area contributed by atoms with E-state index in [0.29, 0.717) is 25.0 Å². The van der Waals surface area contributed by atoms with Crippen LogP contribution < -0.4 is 10.6 Å². The van der Waals surface area contributed by atoms with Crippen LogP contribution in [0.2, 0.25) is 0 Å². The number of ether oxygens (including phenoxy) is 2. The number of rotatable bonds is 8. The van der Waals surface area contributed by atoms with E-state index in [1.807, 2.05) is 0 Å². The third-order valence-corrected chi connectivity index (χ3v) is 4.37. The fraction of sp³-hybridized carbons (Fsp3) is 0.824. The molecular weight excluding hydrogens is 280 g/mol. The number of urea groups is 1. The monoisotopic (exact) mass is 310 g/mol. The van der Waals surface area contributed by atoms with Crippen molar-refractivity contribution in [2.24, 2.45) is 11.8 Å². The minimum atomic E-state index is -0.0565. The minimum absolute atomic E-state index is 0.0565. The smallest absolute Gasteiger partial charge is 0.314 e. The van der Waals surface area contributed by atoms with E-state index in [1.54, 1.807) is 0 Å². The highest BCUT2D eigenvalue weighted by Crippen LogP contribution is 2.16. The summed E-state index contributed by atoms with van der Waals surface area (Å²) in [6, 6.07) is -0.0565. The summed E-state index contributed by atoms with van der Waals surface area (Å²) >= 11 is 0. The first-order valence-corrected chi connectivity index (χ1v) is 8.67. The maximum absolute atomic E-state index is 11.7. The van der Waals surface area contributed by atoms with E-state index in [4.69, 9.17) is 9.47 Å². The molecule has 0 aromatic rings. The summed E-state index contributed by atoms with van der Waals surface area (Å²) < 4.78 is 11.0. The standard InChI is InChI=1S/C17H30N2O3/c20-17(19-13-15-5-2-1-3-6-15)18-9-4-10-22-14-16-7-11-21-12-8-16/h1-2,15-16H,3-14H2,(H2,18,19,20)/t15-/m1/s1. The first-order valence-electron chi connectivity index (χ1n) is 8.67. The molecule has 0 aromatic heterocycles. The average Bonchev–Trinajstić information content (AvgIpc) is 2.58. The molecule has 22 heavy (non-hydrogen) atoms. The van der Waals surface area contributed by atoms with E-state index in [9.17, 15) is 4.79 Å². The topological polar surface area (TPSA) is 59.6 Å². The summed E-state index contributed by atoms with van der Waals surface area (Å²) in [5.74, 6) is 1.24. The molecule has 0 bridgehead atoms. The molecule has 2 aliphatic rings.